The predicted octanol–water partition coefficient (Wildman–Crippen LogP) is 4.09. The summed E-state index contributed by atoms with van der Waals surface area (Å²) in [4.78, 5) is 18.0. The zero-order chi connectivity index (χ0) is 19.5. The molecule has 28 heavy (non-hydrogen) atoms. The van der Waals surface area contributed by atoms with Gasteiger partial charge >= 0.3 is 6.03 Å². The molecule has 4 rings (SSSR count). The van der Waals surface area contributed by atoms with Gasteiger partial charge in [0.05, 0.1) is 5.69 Å². The number of fused-ring (bicyclic) bond motifs is 1. The molecule has 6 heteroatoms. The maximum Gasteiger partial charge on any atom is 0.319 e. The number of anilines is 2. The number of para-hydroxylation sites is 1. The third-order valence-corrected chi connectivity index (χ3v) is 4.58. The van der Waals surface area contributed by atoms with Crippen molar-refractivity contribution in [1.29, 1.82) is 0 Å². The number of hydroxylamine groups is 1. The van der Waals surface area contributed by atoms with Crippen LogP contribution in [0.3, 0.4) is 0 Å². The van der Waals surface area contributed by atoms with E-state index in [-0.39, 0.29) is 12.2 Å². The molecule has 0 saturated carbocycles. The number of hydrogen-bond donors (Lipinski definition) is 3. The van der Waals surface area contributed by atoms with Crippen molar-refractivity contribution in [2.24, 2.45) is 5.73 Å². The Kier molecular flexibility index (Phi) is 4.87. The van der Waals surface area contributed by atoms with E-state index in [9.17, 15) is 4.79 Å². The highest BCUT2D eigenvalue weighted by atomic mass is 16.7. The molecule has 1 atom stereocenters. The number of amides is 2. The molecule has 1 aliphatic rings. The fraction of sp³-hybridized carbons (Fsp3) is 0.136. The average Bonchev–Trinajstić information content (AvgIpc) is 3.04. The summed E-state index contributed by atoms with van der Waals surface area (Å²) in [6.07, 6.45) is -0.371. The minimum absolute atomic E-state index is 0.252. The van der Waals surface area contributed by atoms with E-state index in [1.165, 1.54) is 0 Å². The van der Waals surface area contributed by atoms with E-state index in [1.54, 1.807) is 5.06 Å². The fourth-order valence-electron chi connectivity index (χ4n) is 3.19. The quantitative estimate of drug-likeness (QED) is 0.643. The van der Waals surface area contributed by atoms with Gasteiger partial charge < -0.3 is 21.2 Å². The maximum absolute atomic E-state index is 12.2. The number of carbonyl (C=O) groups excluding carboxylic acids is 1. The van der Waals surface area contributed by atoms with Crippen LogP contribution in [0.25, 0.3) is 0 Å². The summed E-state index contributed by atoms with van der Waals surface area (Å²) >= 11 is 0. The molecule has 0 saturated heterocycles. The molecule has 0 spiro atoms. The molecule has 0 bridgehead atoms. The minimum atomic E-state index is -0.371. The highest BCUT2D eigenvalue weighted by molar-refractivity contribution is 5.89. The molecule has 3 aromatic carbocycles. The van der Waals surface area contributed by atoms with Gasteiger partial charge in [-0.1, -0.05) is 42.5 Å². The third-order valence-electron chi connectivity index (χ3n) is 4.58. The number of benzene rings is 3. The number of aryl methyl sites for hydroxylation is 1. The highest BCUT2D eigenvalue weighted by Gasteiger charge is 2.29. The first-order valence-corrected chi connectivity index (χ1v) is 9.12. The Labute approximate surface area is 163 Å². The van der Waals surface area contributed by atoms with Gasteiger partial charge in [0.2, 0.25) is 0 Å². The minimum Gasteiger partial charge on any atom is -0.377 e. The molecule has 6 nitrogen and oxygen atoms in total. The third kappa shape index (κ3) is 3.77. The van der Waals surface area contributed by atoms with Crippen molar-refractivity contribution in [3.05, 3.63) is 89.5 Å². The smallest absolute Gasteiger partial charge is 0.319 e. The number of rotatable bonds is 4. The van der Waals surface area contributed by atoms with Crippen molar-refractivity contribution in [3.8, 4) is 5.75 Å². The van der Waals surface area contributed by atoms with Crippen LogP contribution in [0.5, 0.6) is 5.75 Å². The van der Waals surface area contributed by atoms with E-state index >= 15 is 0 Å². The van der Waals surface area contributed by atoms with E-state index in [0.29, 0.717) is 6.54 Å². The lowest BCUT2D eigenvalue weighted by Gasteiger charge is -2.22. The van der Waals surface area contributed by atoms with Gasteiger partial charge in [0, 0.05) is 17.8 Å². The average molecular weight is 374 g/mol. The lowest BCUT2D eigenvalue weighted by atomic mass is 10.1. The molecule has 0 aliphatic carbocycles. The second-order valence-corrected chi connectivity index (χ2v) is 6.75. The van der Waals surface area contributed by atoms with Gasteiger partial charge in [0.15, 0.2) is 5.75 Å². The van der Waals surface area contributed by atoms with Crippen LogP contribution in [0.1, 0.15) is 22.9 Å². The zero-order valence-corrected chi connectivity index (χ0v) is 15.6. The summed E-state index contributed by atoms with van der Waals surface area (Å²) in [5.41, 5.74) is 10.9. The molecular formula is C22H22N4O2. The number of nitrogens with one attached hydrogen (secondary N) is 2. The molecule has 4 N–H and O–H groups in total. The molecule has 0 aromatic heterocycles. The SMILES string of the molecule is Cc1cccc(NC(=O)NCc2cccc(N3Oc4ccccc4C3N)c2)c1. The van der Waals surface area contributed by atoms with E-state index < -0.39 is 0 Å². The molecule has 1 heterocycles. The second-order valence-electron chi connectivity index (χ2n) is 6.75. The summed E-state index contributed by atoms with van der Waals surface area (Å²) in [6.45, 7) is 2.37. The summed E-state index contributed by atoms with van der Waals surface area (Å²) < 4.78 is 0. The molecular weight excluding hydrogens is 352 g/mol. The normalized spacial score (nSPS) is 14.9. The summed E-state index contributed by atoms with van der Waals surface area (Å²) in [5.74, 6) is 0.760. The molecule has 2 amide bonds. The summed E-state index contributed by atoms with van der Waals surface area (Å²) in [6, 6.07) is 22.9. The van der Waals surface area contributed by atoms with Gasteiger partial charge in [0.1, 0.15) is 6.17 Å². The van der Waals surface area contributed by atoms with Gasteiger partial charge in [0.25, 0.3) is 0 Å². The van der Waals surface area contributed by atoms with E-state index in [2.05, 4.69) is 10.6 Å². The van der Waals surface area contributed by atoms with Gasteiger partial charge in [-0.2, -0.15) is 5.06 Å². The van der Waals surface area contributed by atoms with Crippen molar-refractivity contribution < 1.29 is 9.63 Å². The number of nitrogens with two attached hydrogens (primary N) is 1. The first kappa shape index (κ1) is 17.9. The fourth-order valence-corrected chi connectivity index (χ4v) is 3.19. The maximum atomic E-state index is 12.2. The molecule has 0 fully saturated rings. The van der Waals surface area contributed by atoms with Gasteiger partial charge in [-0.15, -0.1) is 0 Å². The topological polar surface area (TPSA) is 79.6 Å². The predicted molar refractivity (Wildman–Crippen MR) is 110 cm³/mol. The Morgan fingerprint density at radius 1 is 1.07 bits per heavy atom. The second kappa shape index (κ2) is 7.62. The van der Waals surface area contributed by atoms with Crippen LogP contribution in [0, 0.1) is 6.92 Å². The first-order chi connectivity index (χ1) is 13.6. The van der Waals surface area contributed by atoms with Crippen LogP contribution >= 0.6 is 0 Å². The first-order valence-electron chi connectivity index (χ1n) is 9.12. The van der Waals surface area contributed by atoms with Crippen molar-refractivity contribution in [1.82, 2.24) is 5.32 Å². The lowest BCUT2D eigenvalue weighted by Crippen LogP contribution is -2.32. The monoisotopic (exact) mass is 374 g/mol. The van der Waals surface area contributed by atoms with Crippen molar-refractivity contribution in [3.63, 3.8) is 0 Å². The number of nitrogens with zero attached hydrogens (tertiary/aromatic N) is 1. The Morgan fingerprint density at radius 2 is 1.89 bits per heavy atom. The Hall–Kier alpha value is -3.51. The Morgan fingerprint density at radius 3 is 2.71 bits per heavy atom. The summed E-state index contributed by atoms with van der Waals surface area (Å²) in [7, 11) is 0. The molecule has 0 radical (unpaired) electrons. The van der Waals surface area contributed by atoms with Gasteiger partial charge in [-0.3, -0.25) is 0 Å². The van der Waals surface area contributed by atoms with Crippen LogP contribution in [-0.4, -0.2) is 6.03 Å². The molecule has 3 aromatic rings. The van der Waals surface area contributed by atoms with Crippen LogP contribution in [0.15, 0.2) is 72.8 Å². The zero-order valence-electron chi connectivity index (χ0n) is 15.6. The van der Waals surface area contributed by atoms with Crippen LogP contribution in [-0.2, 0) is 6.54 Å². The standard InChI is InChI=1S/C22H22N4O2/c1-15-6-4-8-17(12-15)25-22(27)24-14-16-7-5-9-18(13-16)26-21(23)19-10-2-3-11-20(19)28-26/h2-13,21H,14,23H2,1H3,(H2,24,25,27). The van der Waals surface area contributed by atoms with E-state index in [1.807, 2.05) is 79.7 Å². The Bertz CT molecular complexity index is 1010. The largest absolute Gasteiger partial charge is 0.377 e. The van der Waals surface area contributed by atoms with E-state index in [0.717, 1.165) is 33.8 Å². The van der Waals surface area contributed by atoms with Crippen molar-refractivity contribution in [2.75, 3.05) is 10.4 Å². The van der Waals surface area contributed by atoms with Crippen molar-refractivity contribution in [2.45, 2.75) is 19.6 Å². The lowest BCUT2D eigenvalue weighted by molar-refractivity contribution is 0.251. The highest BCUT2D eigenvalue weighted by Crippen LogP contribution is 2.37. The molecule has 1 aliphatic heterocycles. The van der Waals surface area contributed by atoms with Crippen molar-refractivity contribution >= 4 is 17.4 Å². The van der Waals surface area contributed by atoms with Crippen LogP contribution < -0.4 is 26.3 Å². The van der Waals surface area contributed by atoms with Gasteiger partial charge in [-0.05, 0) is 48.4 Å². The summed E-state index contributed by atoms with van der Waals surface area (Å²) in [5, 5.41) is 7.39. The Balaban J connectivity index is 1.40. The van der Waals surface area contributed by atoms with Crippen LogP contribution in [0.4, 0.5) is 16.2 Å². The van der Waals surface area contributed by atoms with Gasteiger partial charge in [-0.25, -0.2) is 4.79 Å². The number of carbonyl (C=O) groups is 1. The molecule has 142 valence electrons. The number of urea groups is 1. The van der Waals surface area contributed by atoms with Crippen LogP contribution in [0.2, 0.25) is 0 Å². The van der Waals surface area contributed by atoms with E-state index in [4.69, 9.17) is 10.6 Å². The number of hydrogen-bond acceptors (Lipinski definition) is 4. The molecule has 1 unspecified atom stereocenters.